The van der Waals surface area contributed by atoms with Crippen LogP contribution in [0, 0.1) is 12.8 Å². The van der Waals surface area contributed by atoms with Crippen molar-refractivity contribution in [1.82, 2.24) is 0 Å². The summed E-state index contributed by atoms with van der Waals surface area (Å²) in [5.74, 6) is 0.502. The largest absolute Gasteiger partial charge is 0.292 e. The molecule has 0 spiro atoms. The number of thiophene rings is 1. The van der Waals surface area contributed by atoms with E-state index in [9.17, 15) is 9.00 Å². The van der Waals surface area contributed by atoms with Crippen LogP contribution in [0.25, 0.3) is 0 Å². The molecular weight excluding hydrogens is 240 g/mol. The van der Waals surface area contributed by atoms with Crippen molar-refractivity contribution in [3.05, 3.63) is 21.9 Å². The summed E-state index contributed by atoms with van der Waals surface area (Å²) in [6.07, 6.45) is 0. The zero-order valence-corrected chi connectivity index (χ0v) is 11.8. The van der Waals surface area contributed by atoms with Crippen LogP contribution in [-0.2, 0) is 10.8 Å². The molecule has 1 heterocycles. The van der Waals surface area contributed by atoms with Gasteiger partial charge in [-0.05, 0) is 25.0 Å². The smallest absolute Gasteiger partial charge is 0.185 e. The van der Waals surface area contributed by atoms with Crippen LogP contribution in [0.1, 0.15) is 35.3 Å². The van der Waals surface area contributed by atoms with Crippen LogP contribution in [0.2, 0.25) is 0 Å². The predicted octanol–water partition coefficient (Wildman–Crippen LogP) is 3.03. The molecule has 0 saturated heterocycles. The fourth-order valence-electron chi connectivity index (χ4n) is 1.22. The lowest BCUT2D eigenvalue weighted by Gasteiger charge is -2.13. The highest BCUT2D eigenvalue weighted by Gasteiger charge is 2.19. The second-order valence-corrected chi connectivity index (χ2v) is 7.39. The molecule has 0 aliphatic rings. The lowest BCUT2D eigenvalue weighted by Crippen LogP contribution is -2.23. The molecule has 16 heavy (non-hydrogen) atoms. The van der Waals surface area contributed by atoms with E-state index in [0.29, 0.717) is 5.92 Å². The molecule has 0 amide bonds. The van der Waals surface area contributed by atoms with Crippen molar-refractivity contribution in [2.24, 2.45) is 5.92 Å². The van der Waals surface area contributed by atoms with E-state index in [2.05, 4.69) is 0 Å². The number of carbonyl (C=O) groups is 1. The summed E-state index contributed by atoms with van der Waals surface area (Å²) >= 11 is 1.47. The van der Waals surface area contributed by atoms with Crippen LogP contribution in [-0.4, -0.2) is 21.0 Å². The molecule has 0 saturated carbocycles. The molecule has 0 bridgehead atoms. The van der Waals surface area contributed by atoms with E-state index >= 15 is 0 Å². The van der Waals surface area contributed by atoms with Gasteiger partial charge in [0.2, 0.25) is 0 Å². The summed E-state index contributed by atoms with van der Waals surface area (Å²) in [6, 6.07) is 3.74. The molecule has 4 heteroatoms. The van der Waals surface area contributed by atoms with Gasteiger partial charge in [0.05, 0.1) is 10.6 Å². The third-order valence-corrected chi connectivity index (χ3v) is 5.60. The molecule has 1 aromatic rings. The molecule has 2 nitrogen and oxygen atoms in total. The average molecular weight is 258 g/mol. The van der Waals surface area contributed by atoms with E-state index in [1.807, 2.05) is 39.8 Å². The third kappa shape index (κ3) is 3.52. The van der Waals surface area contributed by atoms with Gasteiger partial charge >= 0.3 is 0 Å². The Bertz CT molecular complexity index is 393. The lowest BCUT2D eigenvalue weighted by atomic mass is 10.2. The fourth-order valence-corrected chi connectivity index (χ4v) is 3.40. The molecular formula is C12H18O2S2. The van der Waals surface area contributed by atoms with E-state index in [1.165, 1.54) is 11.3 Å². The van der Waals surface area contributed by atoms with Crippen LogP contribution in [0.15, 0.2) is 12.1 Å². The predicted molar refractivity (Wildman–Crippen MR) is 70.7 cm³/mol. The van der Waals surface area contributed by atoms with Crippen molar-refractivity contribution in [2.45, 2.75) is 32.9 Å². The van der Waals surface area contributed by atoms with Gasteiger partial charge in [-0.25, -0.2) is 0 Å². The van der Waals surface area contributed by atoms with E-state index in [1.54, 1.807) is 0 Å². The maximum Gasteiger partial charge on any atom is 0.185 e. The van der Waals surface area contributed by atoms with Gasteiger partial charge in [-0.2, -0.15) is 0 Å². The van der Waals surface area contributed by atoms with Crippen molar-refractivity contribution >= 4 is 27.9 Å². The minimum Gasteiger partial charge on any atom is -0.292 e. The summed E-state index contributed by atoms with van der Waals surface area (Å²) in [6.45, 7) is 7.97. The fraction of sp³-hybridized carbons (Fsp3) is 0.583. The monoisotopic (exact) mass is 258 g/mol. The second kappa shape index (κ2) is 5.73. The summed E-state index contributed by atoms with van der Waals surface area (Å²) in [5, 5.41) is 0.0741. The van der Waals surface area contributed by atoms with Crippen LogP contribution >= 0.6 is 11.3 Å². The standard InChI is InChI=1S/C12H18O2S2/c1-8(2)10(4)16(14)7-11(13)12-6-5-9(3)15-12/h5-6,8,10H,7H2,1-4H3. The number of hydrogen-bond donors (Lipinski definition) is 0. The van der Waals surface area contributed by atoms with Gasteiger partial charge in [0.25, 0.3) is 0 Å². The van der Waals surface area contributed by atoms with Crippen LogP contribution in [0.3, 0.4) is 0 Å². The number of Topliss-reactive ketones (excluding diaryl/α,β-unsaturated/α-hetero) is 1. The third-order valence-electron chi connectivity index (χ3n) is 2.64. The second-order valence-electron chi connectivity index (χ2n) is 4.31. The van der Waals surface area contributed by atoms with Gasteiger partial charge < -0.3 is 0 Å². The van der Waals surface area contributed by atoms with Crippen molar-refractivity contribution in [3.8, 4) is 0 Å². The Morgan fingerprint density at radius 1 is 1.38 bits per heavy atom. The summed E-state index contributed by atoms with van der Waals surface area (Å²) in [7, 11) is -1.06. The Kier molecular flexibility index (Phi) is 4.87. The first kappa shape index (κ1) is 13.6. The quantitative estimate of drug-likeness (QED) is 0.761. The molecule has 1 aromatic heterocycles. The van der Waals surface area contributed by atoms with Gasteiger partial charge in [0.1, 0.15) is 0 Å². The van der Waals surface area contributed by atoms with Crippen molar-refractivity contribution in [1.29, 1.82) is 0 Å². The zero-order valence-electron chi connectivity index (χ0n) is 10.1. The van der Waals surface area contributed by atoms with Gasteiger partial charge in [0, 0.05) is 20.9 Å². The molecule has 2 atom stereocenters. The topological polar surface area (TPSA) is 34.1 Å². The van der Waals surface area contributed by atoms with Gasteiger partial charge in [-0.3, -0.25) is 9.00 Å². The number of ketones is 1. The maximum atomic E-state index is 11.9. The minimum absolute atomic E-state index is 0.00364. The van der Waals surface area contributed by atoms with Gasteiger partial charge in [-0.1, -0.05) is 20.8 Å². The number of carbonyl (C=O) groups excluding carboxylic acids is 1. The SMILES string of the molecule is Cc1ccc(C(=O)CS(=O)C(C)C(C)C)s1. The molecule has 0 N–H and O–H groups in total. The normalized spacial score (nSPS) is 15.1. The Morgan fingerprint density at radius 2 is 2.00 bits per heavy atom. The minimum atomic E-state index is -1.06. The molecule has 0 radical (unpaired) electrons. The van der Waals surface area contributed by atoms with Crippen molar-refractivity contribution in [2.75, 3.05) is 5.75 Å². The van der Waals surface area contributed by atoms with Gasteiger partial charge in [-0.15, -0.1) is 11.3 Å². The van der Waals surface area contributed by atoms with Crippen LogP contribution in [0.5, 0.6) is 0 Å². The maximum absolute atomic E-state index is 11.9. The Hall–Kier alpha value is -0.480. The molecule has 1 rings (SSSR count). The van der Waals surface area contributed by atoms with E-state index in [4.69, 9.17) is 0 Å². The first-order valence-corrected chi connectivity index (χ1v) is 7.58. The highest BCUT2D eigenvalue weighted by molar-refractivity contribution is 7.86. The van der Waals surface area contributed by atoms with E-state index in [0.717, 1.165) is 9.75 Å². The highest BCUT2D eigenvalue weighted by atomic mass is 32.2. The lowest BCUT2D eigenvalue weighted by molar-refractivity contribution is 0.102. The number of hydrogen-bond acceptors (Lipinski definition) is 3. The van der Waals surface area contributed by atoms with E-state index in [-0.39, 0.29) is 16.8 Å². The van der Waals surface area contributed by atoms with E-state index < -0.39 is 10.8 Å². The summed E-state index contributed by atoms with van der Waals surface area (Å²) < 4.78 is 11.9. The summed E-state index contributed by atoms with van der Waals surface area (Å²) in [5.41, 5.74) is 0. The summed E-state index contributed by atoms with van der Waals surface area (Å²) in [4.78, 5) is 13.7. The molecule has 0 aromatic carbocycles. The van der Waals surface area contributed by atoms with Crippen molar-refractivity contribution < 1.29 is 9.00 Å². The number of aryl methyl sites for hydroxylation is 1. The first-order valence-electron chi connectivity index (χ1n) is 5.38. The Labute approximate surface area is 104 Å². The van der Waals surface area contributed by atoms with Crippen LogP contribution in [0.4, 0.5) is 0 Å². The number of rotatable bonds is 5. The van der Waals surface area contributed by atoms with Gasteiger partial charge in [0.15, 0.2) is 5.78 Å². The average Bonchev–Trinajstić information content (AvgIpc) is 2.63. The Morgan fingerprint density at radius 3 is 2.44 bits per heavy atom. The zero-order chi connectivity index (χ0) is 12.3. The molecule has 0 fully saturated rings. The Balaban J connectivity index is 2.62. The molecule has 2 unspecified atom stereocenters. The molecule has 0 aliphatic heterocycles. The molecule has 0 aliphatic carbocycles. The van der Waals surface area contributed by atoms with Crippen LogP contribution < -0.4 is 0 Å². The molecule has 90 valence electrons. The van der Waals surface area contributed by atoms with Crippen molar-refractivity contribution in [3.63, 3.8) is 0 Å². The highest BCUT2D eigenvalue weighted by Crippen LogP contribution is 2.17. The first-order chi connectivity index (χ1) is 7.41.